The molecule has 110 valence electrons. The molecule has 2 atom stereocenters. The van der Waals surface area contributed by atoms with Gasteiger partial charge in [0.25, 0.3) is 0 Å². The molecule has 0 radical (unpaired) electrons. The van der Waals surface area contributed by atoms with Crippen molar-refractivity contribution in [2.24, 2.45) is 5.92 Å². The Bertz CT molecular complexity index is 469. The van der Waals surface area contributed by atoms with Crippen molar-refractivity contribution in [2.75, 3.05) is 23.8 Å². The van der Waals surface area contributed by atoms with Crippen LogP contribution >= 0.6 is 11.8 Å². The third-order valence-electron chi connectivity index (χ3n) is 3.68. The number of aromatic nitrogens is 2. The number of carbonyl (C=O) groups excluding carboxylic acids is 1. The first-order valence-corrected chi connectivity index (χ1v) is 7.97. The molecule has 0 N–H and O–H groups in total. The van der Waals surface area contributed by atoms with E-state index < -0.39 is 0 Å². The predicted octanol–water partition coefficient (Wildman–Crippen LogP) is 2.37. The maximum absolute atomic E-state index is 11.4. The quantitative estimate of drug-likeness (QED) is 0.614. The SMILES string of the molecule is CCOC(=O)CSc1cncc(N2CCC(C)C2C)n1. The van der Waals surface area contributed by atoms with Gasteiger partial charge in [-0.1, -0.05) is 18.7 Å². The fourth-order valence-electron chi connectivity index (χ4n) is 2.30. The second-order valence-electron chi connectivity index (χ2n) is 5.01. The number of carbonyl (C=O) groups is 1. The van der Waals surface area contributed by atoms with Crippen LogP contribution in [0.15, 0.2) is 17.4 Å². The van der Waals surface area contributed by atoms with Crippen molar-refractivity contribution >= 4 is 23.5 Å². The first kappa shape index (κ1) is 15.1. The second-order valence-corrected chi connectivity index (χ2v) is 6.00. The first-order valence-electron chi connectivity index (χ1n) is 6.99. The topological polar surface area (TPSA) is 55.3 Å². The molecule has 20 heavy (non-hydrogen) atoms. The average molecular weight is 295 g/mol. The van der Waals surface area contributed by atoms with E-state index in [2.05, 4.69) is 28.7 Å². The summed E-state index contributed by atoms with van der Waals surface area (Å²) in [7, 11) is 0. The summed E-state index contributed by atoms with van der Waals surface area (Å²) >= 11 is 1.37. The van der Waals surface area contributed by atoms with E-state index >= 15 is 0 Å². The molecular weight excluding hydrogens is 274 g/mol. The molecule has 6 heteroatoms. The van der Waals surface area contributed by atoms with E-state index in [1.54, 1.807) is 19.3 Å². The summed E-state index contributed by atoms with van der Waals surface area (Å²) in [6.07, 6.45) is 4.67. The van der Waals surface area contributed by atoms with Gasteiger partial charge in [-0.15, -0.1) is 0 Å². The van der Waals surface area contributed by atoms with Crippen LogP contribution in [0, 0.1) is 5.92 Å². The van der Waals surface area contributed by atoms with Crippen LogP contribution in [0.5, 0.6) is 0 Å². The van der Waals surface area contributed by atoms with E-state index in [0.29, 0.717) is 18.6 Å². The van der Waals surface area contributed by atoms with E-state index in [0.717, 1.165) is 17.4 Å². The molecule has 0 saturated carbocycles. The Balaban J connectivity index is 1.99. The number of hydrogen-bond donors (Lipinski definition) is 0. The molecule has 2 rings (SSSR count). The van der Waals surface area contributed by atoms with Crippen LogP contribution in [0.25, 0.3) is 0 Å². The van der Waals surface area contributed by atoms with Crippen molar-refractivity contribution in [3.8, 4) is 0 Å². The van der Waals surface area contributed by atoms with Gasteiger partial charge in [-0.05, 0) is 26.2 Å². The summed E-state index contributed by atoms with van der Waals surface area (Å²) in [5.74, 6) is 1.63. The molecule has 5 nitrogen and oxygen atoms in total. The number of rotatable bonds is 5. The number of anilines is 1. The Kier molecular flexibility index (Phi) is 5.23. The van der Waals surface area contributed by atoms with E-state index in [4.69, 9.17) is 4.74 Å². The van der Waals surface area contributed by atoms with Gasteiger partial charge in [0.05, 0.1) is 24.8 Å². The van der Waals surface area contributed by atoms with Crippen molar-refractivity contribution < 1.29 is 9.53 Å². The normalized spacial score (nSPS) is 22.1. The lowest BCUT2D eigenvalue weighted by molar-refractivity contribution is -0.139. The van der Waals surface area contributed by atoms with Crippen LogP contribution in [0.3, 0.4) is 0 Å². The molecule has 1 aliphatic rings. The standard InChI is InChI=1S/C14H21N3O2S/c1-4-19-14(18)9-20-13-8-15-7-12(16-13)17-6-5-10(2)11(17)3/h7-8,10-11H,4-6,9H2,1-3H3. The second kappa shape index (κ2) is 6.92. The lowest BCUT2D eigenvalue weighted by Gasteiger charge is -2.24. The minimum Gasteiger partial charge on any atom is -0.465 e. The number of hydrogen-bond acceptors (Lipinski definition) is 6. The molecule has 1 aliphatic heterocycles. The summed E-state index contributed by atoms with van der Waals surface area (Å²) in [5.41, 5.74) is 0. The lowest BCUT2D eigenvalue weighted by atomic mass is 10.1. The third kappa shape index (κ3) is 3.62. The van der Waals surface area contributed by atoms with Crippen molar-refractivity contribution in [1.82, 2.24) is 9.97 Å². The van der Waals surface area contributed by atoms with Gasteiger partial charge in [-0.25, -0.2) is 4.98 Å². The van der Waals surface area contributed by atoms with Crippen LogP contribution in [0.2, 0.25) is 0 Å². The van der Waals surface area contributed by atoms with Crippen molar-refractivity contribution in [2.45, 2.75) is 38.3 Å². The zero-order valence-electron chi connectivity index (χ0n) is 12.2. The third-order valence-corrected chi connectivity index (χ3v) is 4.55. The Morgan fingerprint density at radius 3 is 2.95 bits per heavy atom. The minimum atomic E-state index is -0.215. The van der Waals surface area contributed by atoms with Crippen LogP contribution in [0.4, 0.5) is 5.82 Å². The zero-order valence-corrected chi connectivity index (χ0v) is 13.0. The van der Waals surface area contributed by atoms with E-state index in [1.165, 1.54) is 18.2 Å². The van der Waals surface area contributed by atoms with Gasteiger partial charge in [0.15, 0.2) is 0 Å². The highest BCUT2D eigenvalue weighted by Gasteiger charge is 2.28. The van der Waals surface area contributed by atoms with Crippen LogP contribution in [0.1, 0.15) is 27.2 Å². The maximum atomic E-state index is 11.4. The smallest absolute Gasteiger partial charge is 0.316 e. The molecule has 0 aliphatic carbocycles. The number of thioether (sulfide) groups is 1. The largest absolute Gasteiger partial charge is 0.465 e. The van der Waals surface area contributed by atoms with Crippen LogP contribution in [-0.2, 0) is 9.53 Å². The predicted molar refractivity (Wildman–Crippen MR) is 80.0 cm³/mol. The molecule has 0 spiro atoms. The van der Waals surface area contributed by atoms with Crippen LogP contribution in [-0.4, -0.2) is 40.9 Å². The number of esters is 1. The summed E-state index contributed by atoms with van der Waals surface area (Å²) in [6.45, 7) is 7.71. The summed E-state index contributed by atoms with van der Waals surface area (Å²) < 4.78 is 4.91. The van der Waals surface area contributed by atoms with E-state index in [1.807, 2.05) is 0 Å². The molecule has 0 bridgehead atoms. The average Bonchev–Trinajstić information content (AvgIpc) is 2.78. The molecule has 1 aromatic rings. The fourth-order valence-corrected chi connectivity index (χ4v) is 2.94. The molecular formula is C14H21N3O2S. The highest BCUT2D eigenvalue weighted by molar-refractivity contribution is 7.99. The Morgan fingerprint density at radius 2 is 2.30 bits per heavy atom. The van der Waals surface area contributed by atoms with Gasteiger partial charge in [-0.2, -0.15) is 0 Å². The summed E-state index contributed by atoms with van der Waals surface area (Å²) in [6, 6.07) is 0.481. The molecule has 2 unspecified atom stereocenters. The summed E-state index contributed by atoms with van der Waals surface area (Å²) in [4.78, 5) is 22.5. The first-order chi connectivity index (χ1) is 9.61. The monoisotopic (exact) mass is 295 g/mol. The minimum absolute atomic E-state index is 0.215. The van der Waals surface area contributed by atoms with Crippen molar-refractivity contribution in [3.05, 3.63) is 12.4 Å². The van der Waals surface area contributed by atoms with E-state index in [-0.39, 0.29) is 11.7 Å². The molecule has 1 fully saturated rings. The highest BCUT2D eigenvalue weighted by Crippen LogP contribution is 2.28. The van der Waals surface area contributed by atoms with Crippen molar-refractivity contribution in [3.63, 3.8) is 0 Å². The van der Waals surface area contributed by atoms with Gasteiger partial charge >= 0.3 is 5.97 Å². The fraction of sp³-hybridized carbons (Fsp3) is 0.643. The Labute approximate surface area is 124 Å². The van der Waals surface area contributed by atoms with Gasteiger partial charge in [0.1, 0.15) is 10.8 Å². The Morgan fingerprint density at radius 1 is 1.50 bits per heavy atom. The Hall–Kier alpha value is -1.30. The zero-order chi connectivity index (χ0) is 14.5. The number of ether oxygens (including phenoxy) is 1. The maximum Gasteiger partial charge on any atom is 0.316 e. The lowest BCUT2D eigenvalue weighted by Crippen LogP contribution is -2.30. The molecule has 1 saturated heterocycles. The molecule has 2 heterocycles. The van der Waals surface area contributed by atoms with Gasteiger partial charge in [0.2, 0.25) is 0 Å². The van der Waals surface area contributed by atoms with Gasteiger partial charge in [0, 0.05) is 12.6 Å². The van der Waals surface area contributed by atoms with Gasteiger partial charge < -0.3 is 9.64 Å². The van der Waals surface area contributed by atoms with E-state index in [9.17, 15) is 4.79 Å². The van der Waals surface area contributed by atoms with Crippen LogP contribution < -0.4 is 4.90 Å². The van der Waals surface area contributed by atoms with Crippen molar-refractivity contribution in [1.29, 1.82) is 0 Å². The molecule has 1 aromatic heterocycles. The molecule has 0 aromatic carbocycles. The molecule has 0 amide bonds. The number of nitrogens with zero attached hydrogens (tertiary/aromatic N) is 3. The summed E-state index contributed by atoms with van der Waals surface area (Å²) in [5, 5.41) is 0.766. The highest BCUT2D eigenvalue weighted by atomic mass is 32.2. The van der Waals surface area contributed by atoms with Gasteiger partial charge in [-0.3, -0.25) is 9.78 Å².